The van der Waals surface area contributed by atoms with Crippen LogP contribution in [0.2, 0.25) is 0 Å². The molecule has 0 heterocycles. The first-order chi connectivity index (χ1) is 9.12. The van der Waals surface area contributed by atoms with Crippen LogP contribution in [0.25, 0.3) is 0 Å². The van der Waals surface area contributed by atoms with E-state index in [9.17, 15) is 9.18 Å². The first-order valence-electron chi connectivity index (χ1n) is 6.77. The highest BCUT2D eigenvalue weighted by Crippen LogP contribution is 2.51. The molecule has 102 valence electrons. The van der Waals surface area contributed by atoms with Crippen LogP contribution in [0.4, 0.5) is 4.39 Å². The summed E-state index contributed by atoms with van der Waals surface area (Å²) >= 11 is 3.36. The van der Waals surface area contributed by atoms with Crippen LogP contribution in [0.15, 0.2) is 22.7 Å². The van der Waals surface area contributed by atoms with Gasteiger partial charge in [-0.25, -0.2) is 4.39 Å². The third-order valence-corrected chi connectivity index (χ3v) is 5.11. The molecule has 0 amide bonds. The molecule has 1 unspecified atom stereocenters. The summed E-state index contributed by atoms with van der Waals surface area (Å²) in [6.45, 7) is 0. The van der Waals surface area contributed by atoms with Crippen molar-refractivity contribution < 1.29 is 13.9 Å². The van der Waals surface area contributed by atoms with Gasteiger partial charge >= 0.3 is 0 Å². The summed E-state index contributed by atoms with van der Waals surface area (Å²) in [6.07, 6.45) is 5.60. The van der Waals surface area contributed by atoms with Gasteiger partial charge in [0.2, 0.25) is 0 Å². The second kappa shape index (κ2) is 4.89. The Morgan fingerprint density at radius 3 is 2.68 bits per heavy atom. The Balaban J connectivity index is 1.80. The van der Waals surface area contributed by atoms with E-state index in [1.54, 1.807) is 6.07 Å². The quantitative estimate of drug-likeness (QED) is 0.811. The monoisotopic (exact) mass is 326 g/mol. The number of carbonyl (C=O) groups is 1. The van der Waals surface area contributed by atoms with Gasteiger partial charge in [0.15, 0.2) is 0 Å². The molecule has 2 nitrogen and oxygen atoms in total. The molecule has 0 N–H and O–H groups in total. The Labute approximate surface area is 120 Å². The Morgan fingerprint density at radius 1 is 1.26 bits per heavy atom. The lowest BCUT2D eigenvalue weighted by Crippen LogP contribution is -2.57. The zero-order chi connectivity index (χ0) is 13.5. The lowest BCUT2D eigenvalue weighted by Gasteiger charge is -2.49. The fourth-order valence-electron chi connectivity index (χ4n) is 3.27. The maximum atomic E-state index is 13.3. The minimum atomic E-state index is -0.318. The molecule has 3 rings (SSSR count). The average molecular weight is 327 g/mol. The van der Waals surface area contributed by atoms with E-state index in [4.69, 9.17) is 4.74 Å². The summed E-state index contributed by atoms with van der Waals surface area (Å²) in [6, 6.07) is 4.40. The Kier molecular flexibility index (Phi) is 3.37. The number of benzene rings is 1. The van der Waals surface area contributed by atoms with Crippen molar-refractivity contribution in [2.24, 2.45) is 5.41 Å². The smallest absolute Gasteiger partial charge is 0.146 e. The van der Waals surface area contributed by atoms with E-state index < -0.39 is 0 Å². The fourth-order valence-corrected chi connectivity index (χ4v) is 3.61. The lowest BCUT2D eigenvalue weighted by atomic mass is 9.57. The number of halogens is 2. The van der Waals surface area contributed by atoms with Gasteiger partial charge in [0.05, 0.1) is 9.89 Å². The molecular weight excluding hydrogens is 311 g/mol. The first-order valence-corrected chi connectivity index (χ1v) is 7.56. The Hall–Kier alpha value is -0.900. The summed E-state index contributed by atoms with van der Waals surface area (Å²) in [5, 5.41) is 0. The molecule has 0 bridgehead atoms. The van der Waals surface area contributed by atoms with Gasteiger partial charge in [-0.05, 0) is 40.9 Å². The Bertz CT molecular complexity index is 509. The zero-order valence-corrected chi connectivity index (χ0v) is 12.2. The molecule has 1 atom stereocenters. The molecule has 2 saturated carbocycles. The van der Waals surface area contributed by atoms with Crippen molar-refractivity contribution in [3.8, 4) is 5.75 Å². The van der Waals surface area contributed by atoms with Crippen molar-refractivity contribution in [2.75, 3.05) is 0 Å². The lowest BCUT2D eigenvalue weighted by molar-refractivity contribution is -0.156. The molecule has 19 heavy (non-hydrogen) atoms. The van der Waals surface area contributed by atoms with Gasteiger partial charge in [-0.2, -0.15) is 0 Å². The standard InChI is InChI=1S/C15H16BrFO2/c16-11-5-4-10(17)8-12(11)19-14-9-13(18)15(14)6-2-1-3-7-15/h4-5,8,14H,1-3,6-7,9H2. The van der Waals surface area contributed by atoms with Gasteiger partial charge in [-0.1, -0.05) is 19.3 Å². The van der Waals surface area contributed by atoms with Crippen molar-refractivity contribution in [2.45, 2.75) is 44.6 Å². The van der Waals surface area contributed by atoms with Gasteiger partial charge in [-0.3, -0.25) is 4.79 Å². The summed E-state index contributed by atoms with van der Waals surface area (Å²) in [4.78, 5) is 12.0. The molecule has 1 aromatic carbocycles. The average Bonchev–Trinajstić information content (AvgIpc) is 2.43. The van der Waals surface area contributed by atoms with Crippen molar-refractivity contribution in [1.29, 1.82) is 0 Å². The van der Waals surface area contributed by atoms with Crippen LogP contribution in [0.3, 0.4) is 0 Å². The first kappa shape index (κ1) is 13.1. The third kappa shape index (κ3) is 2.20. The van der Waals surface area contributed by atoms with Crippen molar-refractivity contribution in [3.63, 3.8) is 0 Å². The fraction of sp³-hybridized carbons (Fsp3) is 0.533. The highest BCUT2D eigenvalue weighted by molar-refractivity contribution is 9.10. The molecule has 2 aliphatic carbocycles. The zero-order valence-electron chi connectivity index (χ0n) is 10.6. The Morgan fingerprint density at radius 2 is 2.00 bits per heavy atom. The van der Waals surface area contributed by atoms with Crippen molar-refractivity contribution in [3.05, 3.63) is 28.5 Å². The summed E-state index contributed by atoms with van der Waals surface area (Å²) < 4.78 is 19.9. The van der Waals surface area contributed by atoms with Gasteiger partial charge in [0.25, 0.3) is 0 Å². The van der Waals surface area contributed by atoms with Crippen LogP contribution < -0.4 is 4.74 Å². The number of hydrogen-bond donors (Lipinski definition) is 0. The van der Waals surface area contributed by atoms with E-state index in [2.05, 4.69) is 15.9 Å². The van der Waals surface area contributed by atoms with Crippen LogP contribution >= 0.6 is 15.9 Å². The van der Waals surface area contributed by atoms with E-state index >= 15 is 0 Å². The summed E-state index contributed by atoms with van der Waals surface area (Å²) in [7, 11) is 0. The number of ether oxygens (including phenoxy) is 1. The largest absolute Gasteiger partial charge is 0.488 e. The second-order valence-corrected chi connectivity index (χ2v) is 6.38. The molecule has 2 fully saturated rings. The molecule has 0 saturated heterocycles. The number of hydrogen-bond acceptors (Lipinski definition) is 2. The molecule has 2 aliphatic rings. The van der Waals surface area contributed by atoms with Gasteiger partial charge in [-0.15, -0.1) is 0 Å². The molecule has 0 radical (unpaired) electrons. The predicted molar refractivity (Wildman–Crippen MR) is 73.7 cm³/mol. The van der Waals surface area contributed by atoms with E-state index in [-0.39, 0.29) is 17.3 Å². The summed E-state index contributed by atoms with van der Waals surface area (Å²) in [5.74, 6) is 0.508. The molecule has 1 aromatic rings. The second-order valence-electron chi connectivity index (χ2n) is 5.53. The number of Topliss-reactive ketones (excluding diaryl/α,β-unsaturated/α-hetero) is 1. The van der Waals surface area contributed by atoms with Crippen LogP contribution in [0.1, 0.15) is 38.5 Å². The number of rotatable bonds is 2. The molecule has 0 aromatic heterocycles. The van der Waals surface area contributed by atoms with E-state index in [0.29, 0.717) is 18.0 Å². The van der Waals surface area contributed by atoms with E-state index in [1.165, 1.54) is 18.6 Å². The van der Waals surface area contributed by atoms with Gasteiger partial charge < -0.3 is 4.74 Å². The summed E-state index contributed by atoms with van der Waals surface area (Å²) in [5.41, 5.74) is -0.288. The predicted octanol–water partition coefficient (Wildman–Crippen LogP) is 4.26. The normalized spacial score (nSPS) is 25.2. The molecule has 1 spiro atoms. The van der Waals surface area contributed by atoms with Crippen molar-refractivity contribution >= 4 is 21.7 Å². The van der Waals surface area contributed by atoms with E-state index in [0.717, 1.165) is 30.2 Å². The maximum absolute atomic E-state index is 13.3. The highest BCUT2D eigenvalue weighted by atomic mass is 79.9. The number of carbonyl (C=O) groups excluding carboxylic acids is 1. The third-order valence-electron chi connectivity index (χ3n) is 4.45. The molecular formula is C15H16BrFO2. The van der Waals surface area contributed by atoms with Crippen LogP contribution in [-0.4, -0.2) is 11.9 Å². The minimum Gasteiger partial charge on any atom is -0.488 e. The van der Waals surface area contributed by atoms with E-state index in [1.807, 2.05) is 0 Å². The maximum Gasteiger partial charge on any atom is 0.146 e. The minimum absolute atomic E-state index is 0.0848. The van der Waals surface area contributed by atoms with Crippen molar-refractivity contribution in [1.82, 2.24) is 0 Å². The van der Waals surface area contributed by atoms with Crippen LogP contribution in [0, 0.1) is 11.2 Å². The van der Waals surface area contributed by atoms with Crippen LogP contribution in [-0.2, 0) is 4.79 Å². The molecule has 0 aliphatic heterocycles. The highest BCUT2D eigenvalue weighted by Gasteiger charge is 2.56. The van der Waals surface area contributed by atoms with Gasteiger partial charge in [0.1, 0.15) is 23.5 Å². The molecule has 4 heteroatoms. The topological polar surface area (TPSA) is 26.3 Å². The SMILES string of the molecule is O=C1CC(Oc2cc(F)ccc2Br)C12CCCCC2. The van der Waals surface area contributed by atoms with Crippen LogP contribution in [0.5, 0.6) is 5.75 Å². The number of ketones is 1. The van der Waals surface area contributed by atoms with Gasteiger partial charge in [0, 0.05) is 12.5 Å².